The van der Waals surface area contributed by atoms with E-state index in [0.29, 0.717) is 22.5 Å². The summed E-state index contributed by atoms with van der Waals surface area (Å²) in [7, 11) is 0. The molecule has 0 fully saturated rings. The molecule has 0 unspecified atom stereocenters. The van der Waals surface area contributed by atoms with E-state index in [0.717, 1.165) is 0 Å². The zero-order chi connectivity index (χ0) is 19.1. The first-order chi connectivity index (χ1) is 13.1. The van der Waals surface area contributed by atoms with Crippen LogP contribution in [0.4, 0.5) is 26.5 Å². The number of amides is 2. The van der Waals surface area contributed by atoms with E-state index in [1.807, 2.05) is 0 Å². The standard InChI is InChI=1S/C19H15FN6O/c20-15-4-2-6-17(10-15)25-26-19(27)24-16-5-1-3-13(9-16)7-8-14-11-22-18(21)23-12-14/h1-6,9-12,25H,(H2,21,22,23)(H2,24,26,27). The third kappa shape index (κ3) is 5.44. The summed E-state index contributed by atoms with van der Waals surface area (Å²) in [6, 6.07) is 12.2. The number of anilines is 3. The zero-order valence-corrected chi connectivity index (χ0v) is 14.0. The number of urea groups is 1. The summed E-state index contributed by atoms with van der Waals surface area (Å²) in [6.45, 7) is 0. The summed E-state index contributed by atoms with van der Waals surface area (Å²) < 4.78 is 13.1. The van der Waals surface area contributed by atoms with Crippen molar-refractivity contribution < 1.29 is 9.18 Å². The molecule has 7 nitrogen and oxygen atoms in total. The Labute approximate surface area is 154 Å². The Balaban J connectivity index is 1.60. The van der Waals surface area contributed by atoms with Gasteiger partial charge in [0, 0.05) is 23.6 Å². The van der Waals surface area contributed by atoms with Gasteiger partial charge in [0.05, 0.1) is 11.3 Å². The SMILES string of the molecule is Nc1ncc(C#Cc2cccc(NC(=O)NNc3cccc(F)c3)c2)cn1. The highest BCUT2D eigenvalue weighted by molar-refractivity contribution is 5.90. The van der Waals surface area contributed by atoms with Crippen molar-refractivity contribution >= 4 is 23.4 Å². The Morgan fingerprint density at radius 1 is 0.963 bits per heavy atom. The Morgan fingerprint density at radius 3 is 2.44 bits per heavy atom. The van der Waals surface area contributed by atoms with E-state index in [-0.39, 0.29) is 5.95 Å². The molecule has 5 N–H and O–H groups in total. The number of nitrogens with zero attached hydrogens (tertiary/aromatic N) is 2. The van der Waals surface area contributed by atoms with Crippen LogP contribution in [0.2, 0.25) is 0 Å². The first-order valence-electron chi connectivity index (χ1n) is 7.87. The molecule has 1 heterocycles. The van der Waals surface area contributed by atoms with Crippen molar-refractivity contribution in [3.63, 3.8) is 0 Å². The second-order valence-corrected chi connectivity index (χ2v) is 5.38. The molecule has 0 saturated heterocycles. The highest BCUT2D eigenvalue weighted by atomic mass is 19.1. The summed E-state index contributed by atoms with van der Waals surface area (Å²) in [6.07, 6.45) is 3.06. The van der Waals surface area contributed by atoms with Crippen molar-refractivity contribution in [2.75, 3.05) is 16.5 Å². The molecule has 0 bridgehead atoms. The van der Waals surface area contributed by atoms with Crippen LogP contribution in [0.5, 0.6) is 0 Å². The van der Waals surface area contributed by atoms with Gasteiger partial charge >= 0.3 is 6.03 Å². The molecule has 0 aliphatic heterocycles. The van der Waals surface area contributed by atoms with Gasteiger partial charge in [-0.05, 0) is 36.4 Å². The molecule has 0 spiro atoms. The molecule has 0 aliphatic rings. The Kier molecular flexibility index (Phi) is 5.45. The highest BCUT2D eigenvalue weighted by Gasteiger charge is 2.02. The Hall–Kier alpha value is -4.12. The lowest BCUT2D eigenvalue weighted by Crippen LogP contribution is -2.33. The van der Waals surface area contributed by atoms with Crippen LogP contribution < -0.4 is 21.9 Å². The molecule has 134 valence electrons. The van der Waals surface area contributed by atoms with E-state index in [2.05, 4.69) is 38.0 Å². The van der Waals surface area contributed by atoms with E-state index in [1.165, 1.54) is 30.6 Å². The summed E-state index contributed by atoms with van der Waals surface area (Å²) in [5.74, 6) is 5.65. The number of aromatic nitrogens is 2. The number of nitrogens with two attached hydrogens (primary N) is 1. The molecule has 2 aromatic carbocycles. The molecule has 27 heavy (non-hydrogen) atoms. The number of nitrogens with one attached hydrogen (secondary N) is 3. The summed E-state index contributed by atoms with van der Waals surface area (Å²) in [4.78, 5) is 19.7. The molecule has 3 rings (SSSR count). The number of carbonyl (C=O) groups is 1. The molecule has 1 aromatic heterocycles. The fourth-order valence-corrected chi connectivity index (χ4v) is 2.08. The minimum absolute atomic E-state index is 0.185. The lowest BCUT2D eigenvalue weighted by Gasteiger charge is -2.10. The molecular weight excluding hydrogens is 347 g/mol. The number of benzene rings is 2. The zero-order valence-electron chi connectivity index (χ0n) is 14.0. The van der Waals surface area contributed by atoms with Gasteiger partial charge in [-0.15, -0.1) is 0 Å². The third-order valence-electron chi connectivity index (χ3n) is 3.29. The first kappa shape index (κ1) is 17.7. The van der Waals surface area contributed by atoms with E-state index < -0.39 is 11.8 Å². The Bertz CT molecular complexity index is 1010. The topological polar surface area (TPSA) is 105 Å². The maximum Gasteiger partial charge on any atom is 0.337 e. The quantitative estimate of drug-likeness (QED) is 0.424. The summed E-state index contributed by atoms with van der Waals surface area (Å²) in [5.41, 5.74) is 12.8. The Morgan fingerprint density at radius 2 is 1.67 bits per heavy atom. The predicted octanol–water partition coefficient (Wildman–Crippen LogP) is 2.75. The molecule has 0 saturated carbocycles. The van der Waals surface area contributed by atoms with Crippen molar-refractivity contribution in [3.8, 4) is 11.8 Å². The van der Waals surface area contributed by atoms with Gasteiger partial charge in [-0.2, -0.15) is 0 Å². The predicted molar refractivity (Wildman–Crippen MR) is 101 cm³/mol. The lowest BCUT2D eigenvalue weighted by molar-refractivity contribution is 0.254. The van der Waals surface area contributed by atoms with Crippen LogP contribution in [-0.2, 0) is 0 Å². The van der Waals surface area contributed by atoms with Gasteiger partial charge in [0.1, 0.15) is 5.82 Å². The maximum atomic E-state index is 13.1. The number of hydrazine groups is 1. The van der Waals surface area contributed by atoms with Crippen molar-refractivity contribution in [2.45, 2.75) is 0 Å². The van der Waals surface area contributed by atoms with E-state index in [4.69, 9.17) is 5.73 Å². The number of hydrogen-bond donors (Lipinski definition) is 4. The molecule has 8 heteroatoms. The number of rotatable bonds is 3. The average Bonchev–Trinajstić information content (AvgIpc) is 2.66. The van der Waals surface area contributed by atoms with Crippen molar-refractivity contribution in [1.29, 1.82) is 0 Å². The minimum Gasteiger partial charge on any atom is -0.368 e. The number of hydrogen-bond acceptors (Lipinski definition) is 5. The highest BCUT2D eigenvalue weighted by Crippen LogP contribution is 2.11. The second kappa shape index (κ2) is 8.31. The largest absolute Gasteiger partial charge is 0.368 e. The average molecular weight is 362 g/mol. The van der Waals surface area contributed by atoms with Gasteiger partial charge in [-0.1, -0.05) is 24.0 Å². The van der Waals surface area contributed by atoms with Gasteiger partial charge in [0.15, 0.2) is 0 Å². The minimum atomic E-state index is -0.503. The van der Waals surface area contributed by atoms with Crippen molar-refractivity contribution in [2.24, 2.45) is 0 Å². The third-order valence-corrected chi connectivity index (χ3v) is 3.29. The van der Waals surface area contributed by atoms with Gasteiger partial charge in [0.2, 0.25) is 5.95 Å². The molecule has 0 atom stereocenters. The number of halogens is 1. The van der Waals surface area contributed by atoms with E-state index in [9.17, 15) is 9.18 Å². The van der Waals surface area contributed by atoms with Crippen molar-refractivity contribution in [3.05, 3.63) is 77.9 Å². The van der Waals surface area contributed by atoms with Crippen molar-refractivity contribution in [1.82, 2.24) is 15.4 Å². The fourth-order valence-electron chi connectivity index (χ4n) is 2.08. The summed E-state index contributed by atoms with van der Waals surface area (Å²) >= 11 is 0. The van der Waals surface area contributed by atoms with Gasteiger partial charge < -0.3 is 11.1 Å². The van der Waals surface area contributed by atoms with Crippen LogP contribution in [0.15, 0.2) is 60.9 Å². The van der Waals surface area contributed by atoms with Crippen LogP contribution >= 0.6 is 0 Å². The van der Waals surface area contributed by atoms with Gasteiger partial charge in [-0.3, -0.25) is 10.9 Å². The van der Waals surface area contributed by atoms with Crippen LogP contribution in [0.25, 0.3) is 0 Å². The van der Waals surface area contributed by atoms with Crippen LogP contribution in [0.1, 0.15) is 11.1 Å². The van der Waals surface area contributed by atoms with Crippen LogP contribution in [0, 0.1) is 17.7 Å². The summed E-state index contributed by atoms with van der Waals surface area (Å²) in [5, 5.41) is 2.66. The lowest BCUT2D eigenvalue weighted by atomic mass is 10.2. The molecule has 3 aromatic rings. The van der Waals surface area contributed by atoms with Crippen LogP contribution in [-0.4, -0.2) is 16.0 Å². The van der Waals surface area contributed by atoms with E-state index in [1.54, 1.807) is 30.3 Å². The molecule has 0 radical (unpaired) electrons. The number of nitrogen functional groups attached to an aromatic ring is 1. The normalized spacial score (nSPS) is 9.67. The number of carbonyl (C=O) groups excluding carboxylic acids is 1. The maximum absolute atomic E-state index is 13.1. The van der Waals surface area contributed by atoms with E-state index >= 15 is 0 Å². The molecule has 0 aliphatic carbocycles. The molecule has 2 amide bonds. The van der Waals surface area contributed by atoms with Gasteiger partial charge in [0.25, 0.3) is 0 Å². The fraction of sp³-hybridized carbons (Fsp3) is 0. The first-order valence-corrected chi connectivity index (χ1v) is 7.87. The molecular formula is C19H15FN6O. The smallest absolute Gasteiger partial charge is 0.337 e. The van der Waals surface area contributed by atoms with Gasteiger partial charge in [-0.25, -0.2) is 19.2 Å². The second-order valence-electron chi connectivity index (χ2n) is 5.38. The van der Waals surface area contributed by atoms with Crippen LogP contribution in [0.3, 0.4) is 0 Å². The monoisotopic (exact) mass is 362 g/mol.